The molecule has 1 amide bonds. The molecule has 2 aromatic heterocycles. The largest absolute Gasteiger partial charge is 0.334 e. The van der Waals surface area contributed by atoms with Crippen molar-refractivity contribution < 1.29 is 4.79 Å². The summed E-state index contributed by atoms with van der Waals surface area (Å²) in [6, 6.07) is 10.4. The van der Waals surface area contributed by atoms with Crippen LogP contribution in [0.25, 0.3) is 11.0 Å². The number of aromatic nitrogens is 4. The van der Waals surface area contributed by atoms with E-state index in [0.717, 1.165) is 35.5 Å². The maximum atomic E-state index is 12.8. The Balaban J connectivity index is 1.39. The first-order valence-corrected chi connectivity index (χ1v) is 8.96. The van der Waals surface area contributed by atoms with E-state index in [4.69, 9.17) is 0 Å². The van der Waals surface area contributed by atoms with Gasteiger partial charge in [-0.15, -0.1) is 0 Å². The standard InChI is InChI=1S/C19H21N5O/c1-12-20-16-4-2-3-5-18(16)23(12)11-14-9-17(22-21-14)19(25)24-10-13-6-7-15(24)8-13/h2-5,9,13,15H,6-8,10-11H2,1H3,(H,21,22)/t13-,15-/m0/s1. The van der Waals surface area contributed by atoms with E-state index < -0.39 is 0 Å². The molecule has 2 bridgehead atoms. The maximum absolute atomic E-state index is 12.8. The summed E-state index contributed by atoms with van der Waals surface area (Å²) < 4.78 is 2.15. The predicted octanol–water partition coefficient (Wildman–Crippen LogP) is 2.74. The number of H-pyrrole nitrogens is 1. The lowest BCUT2D eigenvalue weighted by molar-refractivity contribution is 0.0697. The highest BCUT2D eigenvalue weighted by molar-refractivity contribution is 5.93. The second-order valence-electron chi connectivity index (χ2n) is 7.30. The number of carbonyl (C=O) groups is 1. The number of carbonyl (C=O) groups excluding carboxylic acids is 1. The highest BCUT2D eigenvalue weighted by Crippen LogP contribution is 2.37. The fourth-order valence-corrected chi connectivity index (χ4v) is 4.44. The number of amides is 1. The van der Waals surface area contributed by atoms with E-state index in [1.54, 1.807) is 0 Å². The van der Waals surface area contributed by atoms with Crippen LogP contribution in [0, 0.1) is 12.8 Å². The summed E-state index contributed by atoms with van der Waals surface area (Å²) in [6.07, 6.45) is 3.59. The minimum absolute atomic E-state index is 0.0712. The molecule has 2 atom stereocenters. The average Bonchev–Trinajstić information content (AvgIpc) is 3.39. The zero-order valence-electron chi connectivity index (χ0n) is 14.3. The molecule has 0 spiro atoms. The van der Waals surface area contributed by atoms with E-state index in [2.05, 4.69) is 25.8 Å². The average molecular weight is 335 g/mol. The van der Waals surface area contributed by atoms with Crippen LogP contribution in [0.15, 0.2) is 30.3 Å². The number of nitrogens with one attached hydrogen (secondary N) is 1. The number of benzene rings is 1. The number of nitrogens with zero attached hydrogens (tertiary/aromatic N) is 4. The summed E-state index contributed by atoms with van der Waals surface area (Å²) in [5.41, 5.74) is 3.55. The van der Waals surface area contributed by atoms with Gasteiger partial charge in [-0.05, 0) is 50.3 Å². The summed E-state index contributed by atoms with van der Waals surface area (Å²) in [5.74, 6) is 1.73. The summed E-state index contributed by atoms with van der Waals surface area (Å²) in [4.78, 5) is 19.4. The van der Waals surface area contributed by atoms with Gasteiger partial charge in [0.15, 0.2) is 0 Å². The van der Waals surface area contributed by atoms with Crippen LogP contribution in [0.2, 0.25) is 0 Å². The minimum atomic E-state index is 0.0712. The van der Waals surface area contributed by atoms with Crippen LogP contribution in [0.5, 0.6) is 0 Å². The molecule has 1 aromatic carbocycles. The molecular formula is C19H21N5O. The summed E-state index contributed by atoms with van der Waals surface area (Å²) in [5, 5.41) is 7.32. The maximum Gasteiger partial charge on any atom is 0.274 e. The summed E-state index contributed by atoms with van der Waals surface area (Å²) >= 11 is 0. The molecule has 2 fully saturated rings. The molecule has 1 aliphatic heterocycles. The molecular weight excluding hydrogens is 314 g/mol. The third-order valence-electron chi connectivity index (χ3n) is 5.69. The smallest absolute Gasteiger partial charge is 0.274 e. The predicted molar refractivity (Wildman–Crippen MR) is 94.3 cm³/mol. The monoisotopic (exact) mass is 335 g/mol. The number of para-hydroxylation sites is 2. The van der Waals surface area contributed by atoms with Crippen molar-refractivity contribution in [2.75, 3.05) is 6.54 Å². The van der Waals surface area contributed by atoms with Crippen molar-refractivity contribution in [3.8, 4) is 0 Å². The van der Waals surface area contributed by atoms with Crippen molar-refractivity contribution in [1.29, 1.82) is 0 Å². The summed E-state index contributed by atoms with van der Waals surface area (Å²) in [7, 11) is 0. The molecule has 25 heavy (non-hydrogen) atoms. The number of aromatic amines is 1. The van der Waals surface area contributed by atoms with Crippen LogP contribution in [0.3, 0.4) is 0 Å². The van der Waals surface area contributed by atoms with Gasteiger partial charge < -0.3 is 9.47 Å². The van der Waals surface area contributed by atoms with Gasteiger partial charge in [0.25, 0.3) is 5.91 Å². The van der Waals surface area contributed by atoms with Gasteiger partial charge in [0.05, 0.1) is 23.3 Å². The number of fused-ring (bicyclic) bond motifs is 3. The van der Waals surface area contributed by atoms with Crippen LogP contribution < -0.4 is 0 Å². The lowest BCUT2D eigenvalue weighted by Crippen LogP contribution is -2.37. The molecule has 1 saturated carbocycles. The van der Waals surface area contributed by atoms with E-state index in [1.807, 2.05) is 36.1 Å². The Kier molecular flexibility index (Phi) is 3.20. The first-order chi connectivity index (χ1) is 12.2. The quantitative estimate of drug-likeness (QED) is 0.800. The highest BCUT2D eigenvalue weighted by Gasteiger charge is 2.40. The van der Waals surface area contributed by atoms with Crippen molar-refractivity contribution in [2.24, 2.45) is 5.92 Å². The molecule has 1 aliphatic carbocycles. The number of piperidine rings is 1. The van der Waals surface area contributed by atoms with E-state index >= 15 is 0 Å². The first-order valence-electron chi connectivity index (χ1n) is 8.96. The second kappa shape index (κ2) is 5.44. The van der Waals surface area contributed by atoms with Crippen molar-refractivity contribution in [1.82, 2.24) is 24.6 Å². The van der Waals surface area contributed by atoms with E-state index in [-0.39, 0.29) is 5.91 Å². The van der Waals surface area contributed by atoms with Crippen molar-refractivity contribution in [3.05, 3.63) is 47.5 Å². The Labute approximate surface area is 145 Å². The number of aryl methyl sites for hydroxylation is 1. The summed E-state index contributed by atoms with van der Waals surface area (Å²) in [6.45, 7) is 3.54. The third kappa shape index (κ3) is 2.35. The molecule has 3 heterocycles. The number of hydrogen-bond acceptors (Lipinski definition) is 3. The molecule has 0 unspecified atom stereocenters. The fourth-order valence-electron chi connectivity index (χ4n) is 4.44. The Morgan fingerprint density at radius 1 is 1.32 bits per heavy atom. The fraction of sp³-hybridized carbons (Fsp3) is 0.421. The van der Waals surface area contributed by atoms with Gasteiger partial charge in [-0.1, -0.05) is 12.1 Å². The zero-order valence-corrected chi connectivity index (χ0v) is 14.3. The van der Waals surface area contributed by atoms with E-state index in [1.165, 1.54) is 12.8 Å². The van der Waals surface area contributed by atoms with Crippen molar-refractivity contribution in [2.45, 2.75) is 38.8 Å². The highest BCUT2D eigenvalue weighted by atomic mass is 16.2. The van der Waals surface area contributed by atoms with Crippen LogP contribution in [-0.2, 0) is 6.54 Å². The Hall–Kier alpha value is -2.63. The van der Waals surface area contributed by atoms with E-state index in [0.29, 0.717) is 24.2 Å². The van der Waals surface area contributed by atoms with Gasteiger partial charge in [-0.3, -0.25) is 9.89 Å². The van der Waals surface area contributed by atoms with Crippen LogP contribution in [0.1, 0.15) is 41.3 Å². The van der Waals surface area contributed by atoms with Gasteiger partial charge in [0.2, 0.25) is 0 Å². The van der Waals surface area contributed by atoms with Crippen LogP contribution >= 0.6 is 0 Å². The molecule has 128 valence electrons. The molecule has 6 heteroatoms. The van der Waals surface area contributed by atoms with Crippen LogP contribution in [-0.4, -0.2) is 43.1 Å². The topological polar surface area (TPSA) is 66.8 Å². The number of imidazole rings is 1. The third-order valence-corrected chi connectivity index (χ3v) is 5.69. The molecule has 0 radical (unpaired) electrons. The van der Waals surface area contributed by atoms with Gasteiger partial charge in [0.1, 0.15) is 11.5 Å². The molecule has 6 nitrogen and oxygen atoms in total. The Morgan fingerprint density at radius 2 is 2.20 bits per heavy atom. The van der Waals surface area contributed by atoms with Gasteiger partial charge >= 0.3 is 0 Å². The SMILES string of the molecule is Cc1nc2ccccc2n1Cc1cc(C(=O)N2C[C@H]3CC[C@H]2C3)n[nH]1. The normalized spacial score (nSPS) is 22.2. The van der Waals surface area contributed by atoms with Gasteiger partial charge in [-0.2, -0.15) is 5.10 Å². The zero-order chi connectivity index (χ0) is 17.0. The molecule has 3 aromatic rings. The number of hydrogen-bond donors (Lipinski definition) is 1. The minimum Gasteiger partial charge on any atom is -0.334 e. The number of likely N-dealkylation sites (tertiary alicyclic amines) is 1. The molecule has 2 aliphatic rings. The Bertz CT molecular complexity index is 956. The van der Waals surface area contributed by atoms with Gasteiger partial charge in [0, 0.05) is 12.6 Å². The first kappa shape index (κ1) is 14.7. The second-order valence-corrected chi connectivity index (χ2v) is 7.30. The molecule has 1 saturated heterocycles. The number of rotatable bonds is 3. The van der Waals surface area contributed by atoms with Crippen molar-refractivity contribution >= 4 is 16.9 Å². The lowest BCUT2D eigenvalue weighted by Gasteiger charge is -2.26. The lowest BCUT2D eigenvalue weighted by atomic mass is 10.1. The van der Waals surface area contributed by atoms with Gasteiger partial charge in [-0.25, -0.2) is 4.98 Å². The van der Waals surface area contributed by atoms with E-state index in [9.17, 15) is 4.79 Å². The molecule has 5 rings (SSSR count). The Morgan fingerprint density at radius 3 is 3.00 bits per heavy atom. The van der Waals surface area contributed by atoms with Crippen LogP contribution in [0.4, 0.5) is 0 Å². The van der Waals surface area contributed by atoms with Crippen molar-refractivity contribution in [3.63, 3.8) is 0 Å². The molecule has 1 N–H and O–H groups in total.